The van der Waals surface area contributed by atoms with Gasteiger partial charge in [-0.3, -0.25) is 0 Å². The molecule has 0 nitrogen and oxygen atoms in total. The molecular formula is C18H30. The van der Waals surface area contributed by atoms with Crippen LogP contribution in [0.15, 0.2) is 23.8 Å². The Morgan fingerprint density at radius 1 is 1.06 bits per heavy atom. The van der Waals surface area contributed by atoms with Crippen LogP contribution < -0.4 is 0 Å². The van der Waals surface area contributed by atoms with E-state index in [-0.39, 0.29) is 0 Å². The summed E-state index contributed by atoms with van der Waals surface area (Å²) in [6, 6.07) is 0. The molecule has 0 aromatic carbocycles. The van der Waals surface area contributed by atoms with Crippen molar-refractivity contribution in [3.05, 3.63) is 23.8 Å². The summed E-state index contributed by atoms with van der Waals surface area (Å²) in [6.07, 6.45) is 22.9. The first-order chi connectivity index (χ1) is 8.92. The summed E-state index contributed by atoms with van der Waals surface area (Å²) in [5.74, 6) is 1.84. The Kier molecular flexibility index (Phi) is 6.04. The van der Waals surface area contributed by atoms with E-state index in [1.807, 2.05) is 5.57 Å². The van der Waals surface area contributed by atoms with Gasteiger partial charge in [-0.1, -0.05) is 62.8 Å². The molecule has 0 radical (unpaired) electrons. The molecule has 1 saturated carbocycles. The Morgan fingerprint density at radius 2 is 1.94 bits per heavy atom. The molecule has 0 heterocycles. The molecule has 2 unspecified atom stereocenters. The van der Waals surface area contributed by atoms with Gasteiger partial charge in [0.2, 0.25) is 0 Å². The third kappa shape index (κ3) is 4.00. The second-order valence-corrected chi connectivity index (χ2v) is 6.20. The maximum Gasteiger partial charge on any atom is -0.0197 e. The molecule has 102 valence electrons. The van der Waals surface area contributed by atoms with Crippen molar-refractivity contribution in [2.45, 2.75) is 77.6 Å². The summed E-state index contributed by atoms with van der Waals surface area (Å²) in [5.41, 5.74) is 1.81. The van der Waals surface area contributed by atoms with Crippen LogP contribution in [0.3, 0.4) is 0 Å². The Labute approximate surface area is 114 Å². The first-order valence-electron chi connectivity index (χ1n) is 8.28. The number of hydrogen-bond donors (Lipinski definition) is 0. The van der Waals surface area contributed by atoms with E-state index < -0.39 is 0 Å². The molecule has 0 amide bonds. The zero-order valence-electron chi connectivity index (χ0n) is 12.2. The van der Waals surface area contributed by atoms with Crippen LogP contribution in [0.1, 0.15) is 77.6 Å². The summed E-state index contributed by atoms with van der Waals surface area (Å²) in [5, 5.41) is 0. The standard InChI is InChI=1S/C18H30/c1-2-3-11-16-14-15-17-12-9-7-5-4-6-8-10-13-18(16)17/h8,10,13,16-17H,2-7,9,11-12,14-15H2,1H3. The minimum absolute atomic E-state index is 0.917. The summed E-state index contributed by atoms with van der Waals surface area (Å²) in [4.78, 5) is 0. The van der Waals surface area contributed by atoms with Gasteiger partial charge in [0, 0.05) is 0 Å². The monoisotopic (exact) mass is 246 g/mol. The smallest absolute Gasteiger partial charge is 0.0197 e. The molecule has 0 aromatic heterocycles. The second kappa shape index (κ2) is 7.81. The maximum atomic E-state index is 2.49. The van der Waals surface area contributed by atoms with Crippen LogP contribution in [0.2, 0.25) is 0 Å². The quantitative estimate of drug-likeness (QED) is 0.569. The van der Waals surface area contributed by atoms with Crippen molar-refractivity contribution in [1.29, 1.82) is 0 Å². The molecule has 0 heteroatoms. The Balaban J connectivity index is 2.00. The SMILES string of the molecule is CCCCC1CCC2CCCCCCC=CC=C12. The third-order valence-electron chi connectivity index (χ3n) is 4.81. The normalized spacial score (nSPS) is 29.5. The molecule has 0 aliphatic heterocycles. The lowest BCUT2D eigenvalue weighted by Crippen LogP contribution is -2.03. The summed E-state index contributed by atoms with van der Waals surface area (Å²) in [7, 11) is 0. The van der Waals surface area contributed by atoms with Crippen molar-refractivity contribution in [3.8, 4) is 0 Å². The average Bonchev–Trinajstić information content (AvgIpc) is 2.74. The second-order valence-electron chi connectivity index (χ2n) is 6.20. The van der Waals surface area contributed by atoms with E-state index in [0.29, 0.717) is 0 Å². The van der Waals surface area contributed by atoms with Gasteiger partial charge in [-0.25, -0.2) is 0 Å². The van der Waals surface area contributed by atoms with Crippen molar-refractivity contribution < 1.29 is 0 Å². The number of hydrogen-bond acceptors (Lipinski definition) is 0. The van der Waals surface area contributed by atoms with E-state index >= 15 is 0 Å². The van der Waals surface area contributed by atoms with E-state index in [4.69, 9.17) is 0 Å². The lowest BCUT2D eigenvalue weighted by Gasteiger charge is -2.16. The van der Waals surface area contributed by atoms with E-state index in [1.165, 1.54) is 70.6 Å². The molecular weight excluding hydrogens is 216 g/mol. The molecule has 2 aliphatic rings. The van der Waals surface area contributed by atoms with Gasteiger partial charge >= 0.3 is 0 Å². The highest BCUT2D eigenvalue weighted by atomic mass is 14.3. The number of fused-ring (bicyclic) bond motifs is 1. The fourth-order valence-electron chi connectivity index (χ4n) is 3.70. The maximum absolute atomic E-state index is 2.49. The fraction of sp³-hybridized carbons (Fsp3) is 0.778. The van der Waals surface area contributed by atoms with Gasteiger partial charge in [-0.15, -0.1) is 0 Å². The van der Waals surface area contributed by atoms with Crippen LogP contribution >= 0.6 is 0 Å². The van der Waals surface area contributed by atoms with Crippen molar-refractivity contribution in [3.63, 3.8) is 0 Å². The average molecular weight is 246 g/mol. The summed E-state index contributed by atoms with van der Waals surface area (Å²) < 4.78 is 0. The molecule has 1 fully saturated rings. The number of unbranched alkanes of at least 4 members (excludes halogenated alkanes) is 1. The van der Waals surface area contributed by atoms with Crippen molar-refractivity contribution >= 4 is 0 Å². The number of allylic oxidation sites excluding steroid dienone is 4. The van der Waals surface area contributed by atoms with E-state index in [2.05, 4.69) is 25.2 Å². The molecule has 2 rings (SSSR count). The van der Waals surface area contributed by atoms with Gasteiger partial charge in [0.05, 0.1) is 0 Å². The molecule has 0 saturated heterocycles. The Bertz CT molecular complexity index is 276. The molecule has 0 aromatic rings. The molecule has 2 atom stereocenters. The molecule has 18 heavy (non-hydrogen) atoms. The van der Waals surface area contributed by atoms with E-state index in [0.717, 1.165) is 11.8 Å². The zero-order chi connectivity index (χ0) is 12.6. The minimum atomic E-state index is 0.917. The predicted octanol–water partition coefficient (Wildman–Crippen LogP) is 6.04. The highest BCUT2D eigenvalue weighted by Crippen LogP contribution is 2.42. The topological polar surface area (TPSA) is 0 Å². The van der Waals surface area contributed by atoms with Gasteiger partial charge in [-0.2, -0.15) is 0 Å². The number of rotatable bonds is 3. The first kappa shape index (κ1) is 13.9. The van der Waals surface area contributed by atoms with E-state index in [9.17, 15) is 0 Å². The molecule has 0 spiro atoms. The van der Waals surface area contributed by atoms with Crippen LogP contribution in [0.5, 0.6) is 0 Å². The largest absolute Gasteiger partial charge is 0.0845 e. The first-order valence-corrected chi connectivity index (χ1v) is 8.28. The van der Waals surface area contributed by atoms with Gasteiger partial charge in [0.25, 0.3) is 0 Å². The van der Waals surface area contributed by atoms with Crippen molar-refractivity contribution in [1.82, 2.24) is 0 Å². The van der Waals surface area contributed by atoms with Crippen LogP contribution in [-0.4, -0.2) is 0 Å². The lowest BCUT2D eigenvalue weighted by molar-refractivity contribution is 0.515. The minimum Gasteiger partial charge on any atom is -0.0845 e. The summed E-state index contributed by atoms with van der Waals surface area (Å²) >= 11 is 0. The van der Waals surface area contributed by atoms with Gasteiger partial charge in [0.1, 0.15) is 0 Å². The van der Waals surface area contributed by atoms with Crippen LogP contribution in [0, 0.1) is 11.8 Å². The van der Waals surface area contributed by atoms with Gasteiger partial charge < -0.3 is 0 Å². The zero-order valence-corrected chi connectivity index (χ0v) is 12.2. The van der Waals surface area contributed by atoms with Crippen LogP contribution in [0.4, 0.5) is 0 Å². The summed E-state index contributed by atoms with van der Waals surface area (Å²) in [6.45, 7) is 2.32. The Morgan fingerprint density at radius 3 is 2.83 bits per heavy atom. The highest BCUT2D eigenvalue weighted by molar-refractivity contribution is 5.21. The van der Waals surface area contributed by atoms with Crippen molar-refractivity contribution in [2.75, 3.05) is 0 Å². The van der Waals surface area contributed by atoms with Crippen LogP contribution in [-0.2, 0) is 0 Å². The predicted molar refractivity (Wildman–Crippen MR) is 80.7 cm³/mol. The van der Waals surface area contributed by atoms with Gasteiger partial charge in [-0.05, 0) is 50.4 Å². The van der Waals surface area contributed by atoms with Crippen molar-refractivity contribution in [2.24, 2.45) is 11.8 Å². The molecule has 0 bridgehead atoms. The molecule has 0 N–H and O–H groups in total. The highest BCUT2D eigenvalue weighted by Gasteiger charge is 2.28. The lowest BCUT2D eigenvalue weighted by atomic mass is 9.89. The van der Waals surface area contributed by atoms with E-state index in [1.54, 1.807) is 0 Å². The molecule has 2 aliphatic carbocycles. The van der Waals surface area contributed by atoms with Crippen LogP contribution in [0.25, 0.3) is 0 Å². The van der Waals surface area contributed by atoms with Gasteiger partial charge in [0.15, 0.2) is 0 Å². The fourth-order valence-corrected chi connectivity index (χ4v) is 3.70. The Hall–Kier alpha value is -0.520. The third-order valence-corrected chi connectivity index (χ3v) is 4.81.